The van der Waals surface area contributed by atoms with Crippen LogP contribution in [0.3, 0.4) is 0 Å². The minimum absolute atomic E-state index is 1.22. The van der Waals surface area contributed by atoms with Crippen LogP contribution in [0.1, 0.15) is 57.8 Å². The van der Waals surface area contributed by atoms with Gasteiger partial charge in [-0.15, -0.1) is 0 Å². The molecule has 1 rings (SSSR count). The van der Waals surface area contributed by atoms with Gasteiger partial charge in [0, 0.05) is 0 Å². The van der Waals surface area contributed by atoms with Crippen LogP contribution in [-0.4, -0.2) is 4.86 Å². The Morgan fingerprint density at radius 1 is 0.636 bits per heavy atom. The maximum Gasteiger partial charge on any atom is -0.00715 e. The molecule has 0 heterocycles. The van der Waals surface area contributed by atoms with Crippen molar-refractivity contribution >= 4 is 17.1 Å². The topological polar surface area (TPSA) is 0 Å². The normalized spacial score (nSPS) is 23.1. The van der Waals surface area contributed by atoms with E-state index in [2.05, 4.69) is 0 Å². The van der Waals surface area contributed by atoms with Crippen molar-refractivity contribution in [2.45, 2.75) is 57.8 Å². The van der Waals surface area contributed by atoms with Gasteiger partial charge in [-0.2, -0.15) is 0 Å². The van der Waals surface area contributed by atoms with Crippen molar-refractivity contribution in [2.24, 2.45) is 0 Å². The van der Waals surface area contributed by atoms with Gasteiger partial charge in [0.15, 0.2) is 0 Å². The standard InChI is InChI=1S/C10H18S/c11-10-8-6-4-2-1-3-5-7-9-10/h1-9H2. The fraction of sp³-hybridized carbons (Fsp3) is 0.900. The van der Waals surface area contributed by atoms with Gasteiger partial charge >= 0.3 is 0 Å². The molecule has 0 spiro atoms. The fourth-order valence-electron chi connectivity index (χ4n) is 1.65. The summed E-state index contributed by atoms with van der Waals surface area (Å²) in [6.45, 7) is 0. The zero-order chi connectivity index (χ0) is 7.94. The first-order valence-corrected chi connectivity index (χ1v) is 5.32. The highest BCUT2D eigenvalue weighted by molar-refractivity contribution is 7.80. The summed E-state index contributed by atoms with van der Waals surface area (Å²) in [7, 11) is 0. The van der Waals surface area contributed by atoms with Crippen molar-refractivity contribution in [3.8, 4) is 0 Å². The Kier molecular flexibility index (Phi) is 4.76. The van der Waals surface area contributed by atoms with Crippen LogP contribution < -0.4 is 0 Å². The van der Waals surface area contributed by atoms with E-state index in [-0.39, 0.29) is 0 Å². The first-order chi connectivity index (χ1) is 5.39. The second-order valence-corrected chi connectivity index (χ2v) is 4.09. The number of hydrogen-bond donors (Lipinski definition) is 0. The summed E-state index contributed by atoms with van der Waals surface area (Å²) < 4.78 is 0. The molecule has 0 unspecified atom stereocenters. The van der Waals surface area contributed by atoms with Crippen LogP contribution in [0, 0.1) is 0 Å². The summed E-state index contributed by atoms with van der Waals surface area (Å²) in [4.78, 5) is 1.33. The number of thiocarbonyl (C=S) groups is 1. The first kappa shape index (κ1) is 9.18. The summed E-state index contributed by atoms with van der Waals surface area (Å²) in [5.74, 6) is 0. The van der Waals surface area contributed by atoms with Gasteiger partial charge in [0.2, 0.25) is 0 Å². The number of rotatable bonds is 0. The van der Waals surface area contributed by atoms with Crippen LogP contribution in [0.5, 0.6) is 0 Å². The Bertz CT molecular complexity index is 106. The molecule has 0 nitrogen and oxygen atoms in total. The molecule has 0 bridgehead atoms. The summed E-state index contributed by atoms with van der Waals surface area (Å²) in [5, 5.41) is 0. The average molecular weight is 170 g/mol. The predicted molar refractivity (Wildman–Crippen MR) is 54.2 cm³/mol. The highest BCUT2D eigenvalue weighted by Gasteiger charge is 2.00. The van der Waals surface area contributed by atoms with Crippen molar-refractivity contribution in [3.05, 3.63) is 0 Å². The second kappa shape index (κ2) is 5.70. The third kappa shape index (κ3) is 4.52. The molecule has 0 atom stereocenters. The molecule has 0 N–H and O–H groups in total. The third-order valence-electron chi connectivity index (χ3n) is 2.41. The van der Waals surface area contributed by atoms with Crippen LogP contribution in [0.4, 0.5) is 0 Å². The molecule has 1 saturated carbocycles. The van der Waals surface area contributed by atoms with Crippen LogP contribution in [0.2, 0.25) is 0 Å². The zero-order valence-electron chi connectivity index (χ0n) is 7.27. The summed E-state index contributed by atoms with van der Waals surface area (Å²) in [6.07, 6.45) is 12.3. The largest absolute Gasteiger partial charge is 0.0897 e. The predicted octanol–water partition coefficient (Wildman–Crippen LogP) is 3.88. The van der Waals surface area contributed by atoms with Crippen molar-refractivity contribution in [2.75, 3.05) is 0 Å². The molecule has 0 aromatic rings. The second-order valence-electron chi connectivity index (χ2n) is 3.51. The highest BCUT2D eigenvalue weighted by Crippen LogP contribution is 2.14. The van der Waals surface area contributed by atoms with Gasteiger partial charge in [-0.1, -0.05) is 44.3 Å². The molecule has 0 aromatic carbocycles. The molecular formula is C10H18S. The van der Waals surface area contributed by atoms with Crippen LogP contribution in [0.15, 0.2) is 0 Å². The Labute approximate surface area is 75.4 Å². The molecule has 0 amide bonds. The fourth-order valence-corrected chi connectivity index (χ4v) is 1.94. The van der Waals surface area contributed by atoms with Crippen molar-refractivity contribution in [3.63, 3.8) is 0 Å². The lowest BCUT2D eigenvalue weighted by Crippen LogP contribution is -1.96. The maximum atomic E-state index is 5.26. The quantitative estimate of drug-likeness (QED) is 0.497. The van der Waals surface area contributed by atoms with E-state index in [0.29, 0.717) is 0 Å². The smallest absolute Gasteiger partial charge is 0.00715 e. The molecule has 1 heteroatoms. The SMILES string of the molecule is S=C1CCCCCCCCC1. The van der Waals surface area contributed by atoms with Gasteiger partial charge in [-0.3, -0.25) is 0 Å². The lowest BCUT2D eigenvalue weighted by Gasteiger charge is -2.07. The minimum Gasteiger partial charge on any atom is -0.0897 e. The van der Waals surface area contributed by atoms with E-state index >= 15 is 0 Å². The Hall–Kier alpha value is 0.0900. The van der Waals surface area contributed by atoms with Gasteiger partial charge in [0.25, 0.3) is 0 Å². The lowest BCUT2D eigenvalue weighted by molar-refractivity contribution is 0.577. The molecule has 0 radical (unpaired) electrons. The molecule has 0 aromatic heterocycles. The van der Waals surface area contributed by atoms with Crippen LogP contribution in [-0.2, 0) is 0 Å². The Morgan fingerprint density at radius 2 is 1.00 bits per heavy atom. The molecular weight excluding hydrogens is 152 g/mol. The van der Waals surface area contributed by atoms with E-state index in [9.17, 15) is 0 Å². The van der Waals surface area contributed by atoms with Gasteiger partial charge in [0.05, 0.1) is 0 Å². The first-order valence-electron chi connectivity index (χ1n) is 4.91. The monoisotopic (exact) mass is 170 g/mol. The lowest BCUT2D eigenvalue weighted by atomic mass is 10.0. The number of hydrogen-bond acceptors (Lipinski definition) is 1. The summed E-state index contributed by atoms with van der Waals surface area (Å²) in [6, 6.07) is 0. The van der Waals surface area contributed by atoms with Gasteiger partial charge < -0.3 is 0 Å². The third-order valence-corrected chi connectivity index (χ3v) is 2.82. The molecule has 1 fully saturated rings. The summed E-state index contributed by atoms with van der Waals surface area (Å²) in [5.41, 5.74) is 0. The van der Waals surface area contributed by atoms with E-state index in [1.165, 1.54) is 62.7 Å². The van der Waals surface area contributed by atoms with E-state index in [1.807, 2.05) is 0 Å². The van der Waals surface area contributed by atoms with Crippen molar-refractivity contribution in [1.29, 1.82) is 0 Å². The average Bonchev–Trinajstić information content (AvgIpc) is 2.03. The molecule has 1 aliphatic carbocycles. The van der Waals surface area contributed by atoms with Crippen molar-refractivity contribution < 1.29 is 0 Å². The maximum absolute atomic E-state index is 5.26. The zero-order valence-corrected chi connectivity index (χ0v) is 8.09. The molecule has 0 saturated heterocycles. The van der Waals surface area contributed by atoms with Crippen molar-refractivity contribution in [1.82, 2.24) is 0 Å². The van der Waals surface area contributed by atoms with E-state index in [4.69, 9.17) is 12.2 Å². The molecule has 1 aliphatic rings. The minimum atomic E-state index is 1.22. The van der Waals surface area contributed by atoms with E-state index in [0.717, 1.165) is 0 Å². The Morgan fingerprint density at radius 3 is 1.45 bits per heavy atom. The van der Waals surface area contributed by atoms with E-state index in [1.54, 1.807) is 0 Å². The van der Waals surface area contributed by atoms with Gasteiger partial charge in [-0.25, -0.2) is 0 Å². The summed E-state index contributed by atoms with van der Waals surface area (Å²) >= 11 is 5.26. The Balaban J connectivity index is 2.17. The molecule has 0 aliphatic heterocycles. The van der Waals surface area contributed by atoms with Gasteiger partial charge in [-0.05, 0) is 30.5 Å². The van der Waals surface area contributed by atoms with Gasteiger partial charge in [0.1, 0.15) is 0 Å². The van der Waals surface area contributed by atoms with Crippen LogP contribution >= 0.6 is 12.2 Å². The molecule has 11 heavy (non-hydrogen) atoms. The molecule has 64 valence electrons. The highest BCUT2D eigenvalue weighted by atomic mass is 32.1. The van der Waals surface area contributed by atoms with Crippen LogP contribution in [0.25, 0.3) is 0 Å². The van der Waals surface area contributed by atoms with E-state index < -0.39 is 0 Å².